The summed E-state index contributed by atoms with van der Waals surface area (Å²) in [6.07, 6.45) is 1.41. The van der Waals surface area contributed by atoms with Crippen molar-refractivity contribution in [3.63, 3.8) is 0 Å². The second-order valence-corrected chi connectivity index (χ2v) is 4.29. The molecule has 102 valence electrons. The van der Waals surface area contributed by atoms with Crippen LogP contribution in [-0.2, 0) is 4.74 Å². The number of nitrogen functional groups attached to an aromatic ring is 1. The zero-order valence-corrected chi connectivity index (χ0v) is 11.3. The van der Waals surface area contributed by atoms with Crippen LogP contribution in [0, 0.1) is 0 Å². The van der Waals surface area contributed by atoms with Gasteiger partial charge in [-0.25, -0.2) is 15.8 Å². The Morgan fingerprint density at radius 2 is 2.00 bits per heavy atom. The number of hydrogen-bond donors (Lipinski definition) is 3. The zero-order chi connectivity index (χ0) is 13.6. The van der Waals surface area contributed by atoms with E-state index in [1.807, 2.05) is 20.8 Å². The highest BCUT2D eigenvalue weighted by atomic mass is 16.5. The van der Waals surface area contributed by atoms with Gasteiger partial charge in [-0.15, -0.1) is 0 Å². The molecule has 0 fully saturated rings. The van der Waals surface area contributed by atoms with Gasteiger partial charge in [0.25, 0.3) is 0 Å². The summed E-state index contributed by atoms with van der Waals surface area (Å²) in [7, 11) is 1.54. The molecule has 1 rings (SSSR count). The summed E-state index contributed by atoms with van der Waals surface area (Å²) in [4.78, 5) is 8.09. The van der Waals surface area contributed by atoms with Crippen molar-refractivity contribution in [2.45, 2.75) is 26.4 Å². The van der Waals surface area contributed by atoms with E-state index < -0.39 is 0 Å². The molecule has 0 aromatic carbocycles. The van der Waals surface area contributed by atoms with Gasteiger partial charge in [-0.1, -0.05) is 0 Å². The average molecular weight is 255 g/mol. The first kappa shape index (κ1) is 14.5. The van der Waals surface area contributed by atoms with Gasteiger partial charge >= 0.3 is 0 Å². The van der Waals surface area contributed by atoms with Gasteiger partial charge in [-0.3, -0.25) is 0 Å². The number of aromatic nitrogens is 2. The van der Waals surface area contributed by atoms with Crippen molar-refractivity contribution in [3.05, 3.63) is 6.33 Å². The number of nitrogens with zero attached hydrogens (tertiary/aromatic N) is 2. The molecule has 0 unspecified atom stereocenters. The summed E-state index contributed by atoms with van der Waals surface area (Å²) in [6.45, 7) is 7.21. The molecule has 0 amide bonds. The fourth-order valence-electron chi connectivity index (χ4n) is 1.53. The average Bonchev–Trinajstić information content (AvgIpc) is 2.35. The molecular formula is C11H21N5O2. The molecule has 1 heterocycles. The first-order valence-corrected chi connectivity index (χ1v) is 5.77. The van der Waals surface area contributed by atoms with E-state index in [4.69, 9.17) is 15.3 Å². The third-order valence-electron chi connectivity index (χ3n) is 2.36. The lowest BCUT2D eigenvalue weighted by atomic mass is 10.1. The molecule has 0 aliphatic rings. The van der Waals surface area contributed by atoms with Gasteiger partial charge in [0.2, 0.25) is 5.75 Å². The van der Waals surface area contributed by atoms with E-state index in [0.29, 0.717) is 30.5 Å². The molecule has 7 heteroatoms. The summed E-state index contributed by atoms with van der Waals surface area (Å²) in [6, 6.07) is 0. The Balaban J connectivity index is 2.78. The Hall–Kier alpha value is -1.60. The number of nitrogens with two attached hydrogens (primary N) is 1. The van der Waals surface area contributed by atoms with Gasteiger partial charge in [-0.05, 0) is 20.8 Å². The maximum Gasteiger partial charge on any atom is 0.205 e. The maximum absolute atomic E-state index is 5.59. The minimum Gasteiger partial charge on any atom is -0.490 e. The highest BCUT2D eigenvalue weighted by molar-refractivity contribution is 5.63. The van der Waals surface area contributed by atoms with Gasteiger partial charge in [0.15, 0.2) is 11.6 Å². The standard InChI is InChI=1S/C11H21N5O2/c1-5-18-11(2,3)6-13-9-8(17-4)10(16-12)15-7-14-9/h7H,5-6,12H2,1-4H3,(H2,13,14,15,16). The Kier molecular flexibility index (Phi) is 5.11. The van der Waals surface area contributed by atoms with Crippen molar-refractivity contribution in [2.75, 3.05) is 31.0 Å². The largest absolute Gasteiger partial charge is 0.490 e. The topological polar surface area (TPSA) is 94.3 Å². The smallest absolute Gasteiger partial charge is 0.205 e. The molecule has 18 heavy (non-hydrogen) atoms. The Labute approximate surface area is 107 Å². The van der Waals surface area contributed by atoms with E-state index >= 15 is 0 Å². The number of ether oxygens (including phenoxy) is 2. The van der Waals surface area contributed by atoms with Crippen molar-refractivity contribution in [3.8, 4) is 5.75 Å². The molecule has 0 saturated heterocycles. The van der Waals surface area contributed by atoms with Crippen LogP contribution in [0.4, 0.5) is 11.6 Å². The SMILES string of the molecule is CCOC(C)(C)CNc1ncnc(NN)c1OC. The summed E-state index contributed by atoms with van der Waals surface area (Å²) in [5.41, 5.74) is 2.17. The van der Waals surface area contributed by atoms with Crippen molar-refractivity contribution in [1.29, 1.82) is 0 Å². The molecule has 0 aliphatic heterocycles. The van der Waals surface area contributed by atoms with Gasteiger partial charge in [0.1, 0.15) is 6.33 Å². The van der Waals surface area contributed by atoms with E-state index in [2.05, 4.69) is 20.7 Å². The third kappa shape index (κ3) is 3.71. The van der Waals surface area contributed by atoms with Crippen LogP contribution in [-0.4, -0.2) is 35.8 Å². The van der Waals surface area contributed by atoms with Gasteiger partial charge in [-0.2, -0.15) is 0 Å². The van der Waals surface area contributed by atoms with Crippen LogP contribution in [0.2, 0.25) is 0 Å². The summed E-state index contributed by atoms with van der Waals surface area (Å²) < 4.78 is 10.8. The molecule has 0 bridgehead atoms. The summed E-state index contributed by atoms with van der Waals surface area (Å²) in [5.74, 6) is 6.84. The second-order valence-electron chi connectivity index (χ2n) is 4.29. The summed E-state index contributed by atoms with van der Waals surface area (Å²) >= 11 is 0. The highest BCUT2D eigenvalue weighted by Gasteiger charge is 2.19. The maximum atomic E-state index is 5.59. The van der Waals surface area contributed by atoms with Crippen molar-refractivity contribution < 1.29 is 9.47 Å². The Morgan fingerprint density at radius 1 is 1.33 bits per heavy atom. The zero-order valence-electron chi connectivity index (χ0n) is 11.3. The van der Waals surface area contributed by atoms with Crippen LogP contribution < -0.4 is 21.3 Å². The normalized spacial score (nSPS) is 11.2. The molecule has 0 spiro atoms. The lowest BCUT2D eigenvalue weighted by Crippen LogP contribution is -2.33. The molecule has 0 saturated carbocycles. The molecule has 0 atom stereocenters. The second kappa shape index (κ2) is 6.36. The minimum atomic E-state index is -0.291. The monoisotopic (exact) mass is 255 g/mol. The predicted octanol–water partition coefficient (Wildman–Crippen LogP) is 0.998. The van der Waals surface area contributed by atoms with Crippen LogP contribution in [0.1, 0.15) is 20.8 Å². The number of hydrazine groups is 1. The molecule has 1 aromatic heterocycles. The first-order chi connectivity index (χ1) is 8.54. The lowest BCUT2D eigenvalue weighted by Gasteiger charge is -2.25. The van der Waals surface area contributed by atoms with Crippen LogP contribution in [0.5, 0.6) is 5.75 Å². The Bertz CT molecular complexity index is 384. The number of nitrogens with one attached hydrogen (secondary N) is 2. The molecule has 0 radical (unpaired) electrons. The fourth-order valence-corrected chi connectivity index (χ4v) is 1.53. The van der Waals surface area contributed by atoms with Crippen LogP contribution >= 0.6 is 0 Å². The van der Waals surface area contributed by atoms with Crippen LogP contribution in [0.15, 0.2) is 6.33 Å². The third-order valence-corrected chi connectivity index (χ3v) is 2.36. The van der Waals surface area contributed by atoms with E-state index in [9.17, 15) is 0 Å². The van der Waals surface area contributed by atoms with E-state index in [1.54, 1.807) is 7.11 Å². The highest BCUT2D eigenvalue weighted by Crippen LogP contribution is 2.28. The van der Waals surface area contributed by atoms with Gasteiger partial charge < -0.3 is 20.2 Å². The lowest BCUT2D eigenvalue weighted by molar-refractivity contribution is 0.000617. The van der Waals surface area contributed by atoms with E-state index in [1.165, 1.54) is 6.33 Å². The molecular weight excluding hydrogens is 234 g/mol. The molecule has 7 nitrogen and oxygen atoms in total. The first-order valence-electron chi connectivity index (χ1n) is 5.77. The predicted molar refractivity (Wildman–Crippen MR) is 70.6 cm³/mol. The number of methoxy groups -OCH3 is 1. The number of anilines is 2. The van der Waals surface area contributed by atoms with Gasteiger partial charge in [0, 0.05) is 13.2 Å². The summed E-state index contributed by atoms with van der Waals surface area (Å²) in [5, 5.41) is 3.17. The van der Waals surface area contributed by atoms with Gasteiger partial charge in [0.05, 0.1) is 12.7 Å². The Morgan fingerprint density at radius 3 is 2.56 bits per heavy atom. The van der Waals surface area contributed by atoms with E-state index in [-0.39, 0.29) is 5.60 Å². The van der Waals surface area contributed by atoms with E-state index in [0.717, 1.165) is 0 Å². The van der Waals surface area contributed by atoms with Crippen LogP contribution in [0.25, 0.3) is 0 Å². The number of rotatable bonds is 7. The molecule has 4 N–H and O–H groups in total. The number of hydrogen-bond acceptors (Lipinski definition) is 7. The minimum absolute atomic E-state index is 0.291. The van der Waals surface area contributed by atoms with Crippen molar-refractivity contribution in [1.82, 2.24) is 9.97 Å². The van der Waals surface area contributed by atoms with Crippen LogP contribution in [0.3, 0.4) is 0 Å². The van der Waals surface area contributed by atoms with Crippen molar-refractivity contribution in [2.24, 2.45) is 5.84 Å². The fraction of sp³-hybridized carbons (Fsp3) is 0.636. The van der Waals surface area contributed by atoms with Crippen molar-refractivity contribution >= 4 is 11.6 Å². The molecule has 1 aromatic rings. The quantitative estimate of drug-likeness (QED) is 0.494. The molecule has 0 aliphatic carbocycles.